The van der Waals surface area contributed by atoms with E-state index in [9.17, 15) is 18.0 Å². The summed E-state index contributed by atoms with van der Waals surface area (Å²) in [5.41, 5.74) is 1.63. The highest BCUT2D eigenvalue weighted by Gasteiger charge is 2.38. The second kappa shape index (κ2) is 7.96. The molecule has 1 amide bonds. The van der Waals surface area contributed by atoms with Gasteiger partial charge in [0.25, 0.3) is 5.91 Å². The minimum absolute atomic E-state index is 0.120. The molecule has 3 rings (SSSR count). The van der Waals surface area contributed by atoms with Crippen LogP contribution in [0.15, 0.2) is 59.1 Å². The first-order valence-electron chi connectivity index (χ1n) is 8.16. The molecule has 0 unspecified atom stereocenters. The lowest BCUT2D eigenvalue weighted by Crippen LogP contribution is -2.30. The Morgan fingerprint density at radius 1 is 1.11 bits per heavy atom. The maximum Gasteiger partial charge on any atom is 0.471 e. The molecule has 0 aliphatic heterocycles. The Kier molecular flexibility index (Phi) is 5.45. The number of carbonyl (C=O) groups is 1. The molecular formula is C20H14F3N3O2. The lowest BCUT2D eigenvalue weighted by Gasteiger charge is -2.20. The predicted molar refractivity (Wildman–Crippen MR) is 94.8 cm³/mol. The fourth-order valence-corrected chi connectivity index (χ4v) is 2.51. The van der Waals surface area contributed by atoms with Crippen molar-refractivity contribution in [1.29, 1.82) is 0 Å². The molecule has 0 aliphatic carbocycles. The van der Waals surface area contributed by atoms with Gasteiger partial charge in [0, 0.05) is 17.7 Å². The maximum absolute atomic E-state index is 12.6. The van der Waals surface area contributed by atoms with Crippen molar-refractivity contribution in [3.05, 3.63) is 71.6 Å². The zero-order chi connectivity index (χ0) is 20.1. The number of amides is 1. The molecule has 2 aromatic carbocycles. The van der Waals surface area contributed by atoms with E-state index < -0.39 is 12.1 Å². The summed E-state index contributed by atoms with van der Waals surface area (Å²) in [6.45, 7) is 0.369. The van der Waals surface area contributed by atoms with Gasteiger partial charge in [0.15, 0.2) is 0 Å². The first kappa shape index (κ1) is 19.2. The van der Waals surface area contributed by atoms with Crippen LogP contribution in [0.3, 0.4) is 0 Å². The van der Waals surface area contributed by atoms with Gasteiger partial charge in [0.1, 0.15) is 0 Å². The van der Waals surface area contributed by atoms with Gasteiger partial charge in [-0.2, -0.15) is 18.2 Å². The molecule has 1 heterocycles. The van der Waals surface area contributed by atoms with Gasteiger partial charge in [-0.1, -0.05) is 53.5 Å². The molecule has 0 radical (unpaired) electrons. The number of nitrogens with zero attached hydrogens (tertiary/aromatic N) is 3. The quantitative estimate of drug-likeness (QED) is 0.622. The second-order valence-corrected chi connectivity index (χ2v) is 5.85. The highest BCUT2D eigenvalue weighted by Crippen LogP contribution is 2.29. The molecule has 0 N–H and O–H groups in total. The average Bonchev–Trinajstić information content (AvgIpc) is 3.19. The third-order valence-corrected chi connectivity index (χ3v) is 3.84. The number of alkyl halides is 3. The van der Waals surface area contributed by atoms with Crippen LogP contribution in [0.4, 0.5) is 13.2 Å². The third kappa shape index (κ3) is 4.38. The SMILES string of the molecule is C#CCN(Cc1ccc(-c2noc(C(F)(F)F)n2)cc1)C(=O)c1ccccc1. The molecule has 3 aromatic rings. The van der Waals surface area contributed by atoms with Gasteiger partial charge in [0.2, 0.25) is 5.82 Å². The fraction of sp³-hybridized carbons (Fsp3) is 0.150. The van der Waals surface area contributed by atoms with Crippen LogP contribution in [-0.4, -0.2) is 27.5 Å². The maximum atomic E-state index is 12.6. The zero-order valence-corrected chi connectivity index (χ0v) is 14.5. The van der Waals surface area contributed by atoms with Crippen molar-refractivity contribution in [1.82, 2.24) is 15.0 Å². The van der Waals surface area contributed by atoms with Gasteiger partial charge < -0.3 is 9.42 Å². The van der Waals surface area contributed by atoms with Crippen LogP contribution in [0.25, 0.3) is 11.4 Å². The number of carbonyl (C=O) groups excluding carboxylic acids is 1. The van der Waals surface area contributed by atoms with Crippen LogP contribution in [0, 0.1) is 12.3 Å². The van der Waals surface area contributed by atoms with Crippen molar-refractivity contribution >= 4 is 5.91 Å². The van der Waals surface area contributed by atoms with Gasteiger partial charge in [0.05, 0.1) is 6.54 Å². The Morgan fingerprint density at radius 2 is 1.79 bits per heavy atom. The van der Waals surface area contributed by atoms with Crippen molar-refractivity contribution < 1.29 is 22.5 Å². The Bertz CT molecular complexity index is 990. The largest absolute Gasteiger partial charge is 0.471 e. The Balaban J connectivity index is 1.76. The monoisotopic (exact) mass is 385 g/mol. The van der Waals surface area contributed by atoms with Crippen LogP contribution in [0.1, 0.15) is 21.8 Å². The molecule has 0 aliphatic rings. The minimum atomic E-state index is -4.70. The summed E-state index contributed by atoms with van der Waals surface area (Å²) in [4.78, 5) is 17.5. The fourth-order valence-electron chi connectivity index (χ4n) is 2.51. The van der Waals surface area contributed by atoms with Crippen LogP contribution in [-0.2, 0) is 12.7 Å². The van der Waals surface area contributed by atoms with E-state index in [1.54, 1.807) is 48.5 Å². The normalized spacial score (nSPS) is 11.1. The van der Waals surface area contributed by atoms with E-state index in [1.807, 2.05) is 6.07 Å². The number of benzene rings is 2. The smallest absolute Gasteiger partial charge is 0.329 e. The lowest BCUT2D eigenvalue weighted by molar-refractivity contribution is -0.159. The van der Waals surface area contributed by atoms with E-state index >= 15 is 0 Å². The summed E-state index contributed by atoms with van der Waals surface area (Å²) >= 11 is 0. The standard InChI is InChI=1S/C20H14F3N3O2/c1-2-12-26(18(27)16-6-4-3-5-7-16)13-14-8-10-15(11-9-14)17-24-19(28-25-17)20(21,22)23/h1,3-11H,12-13H2. The molecule has 8 heteroatoms. The van der Waals surface area contributed by atoms with E-state index in [-0.39, 0.29) is 24.8 Å². The number of terminal acetylenes is 1. The van der Waals surface area contributed by atoms with E-state index in [0.717, 1.165) is 5.56 Å². The average molecular weight is 385 g/mol. The van der Waals surface area contributed by atoms with Gasteiger partial charge in [-0.05, 0) is 17.7 Å². The number of aromatic nitrogens is 2. The molecule has 1 aromatic heterocycles. The second-order valence-electron chi connectivity index (χ2n) is 5.85. The minimum Gasteiger partial charge on any atom is -0.329 e. The van der Waals surface area contributed by atoms with E-state index in [0.29, 0.717) is 11.1 Å². The van der Waals surface area contributed by atoms with Crippen LogP contribution in [0.2, 0.25) is 0 Å². The first-order chi connectivity index (χ1) is 13.4. The Hall–Kier alpha value is -3.60. The Morgan fingerprint density at radius 3 is 2.36 bits per heavy atom. The number of hydrogen-bond donors (Lipinski definition) is 0. The van der Waals surface area contributed by atoms with Gasteiger partial charge in [-0.3, -0.25) is 4.79 Å². The van der Waals surface area contributed by atoms with Crippen LogP contribution >= 0.6 is 0 Å². The molecule has 0 saturated heterocycles. The van der Waals surface area contributed by atoms with E-state index in [4.69, 9.17) is 6.42 Å². The summed E-state index contributed by atoms with van der Waals surface area (Å²) in [5.74, 6) is 0.677. The van der Waals surface area contributed by atoms with Crippen LogP contribution < -0.4 is 0 Å². The highest BCUT2D eigenvalue weighted by atomic mass is 19.4. The lowest BCUT2D eigenvalue weighted by atomic mass is 10.1. The molecule has 0 fully saturated rings. The van der Waals surface area contributed by atoms with Crippen LogP contribution in [0.5, 0.6) is 0 Å². The van der Waals surface area contributed by atoms with Crippen molar-refractivity contribution in [3.8, 4) is 23.7 Å². The molecule has 0 spiro atoms. The van der Waals surface area contributed by atoms with Gasteiger partial charge in [-0.15, -0.1) is 6.42 Å². The first-order valence-corrected chi connectivity index (χ1v) is 8.16. The summed E-state index contributed by atoms with van der Waals surface area (Å²) < 4.78 is 41.9. The molecule has 0 atom stereocenters. The van der Waals surface area contributed by atoms with Crippen molar-refractivity contribution in [3.63, 3.8) is 0 Å². The van der Waals surface area contributed by atoms with Crippen molar-refractivity contribution in [2.75, 3.05) is 6.54 Å². The number of rotatable bonds is 5. The van der Waals surface area contributed by atoms with E-state index in [2.05, 4.69) is 20.6 Å². The van der Waals surface area contributed by atoms with Crippen molar-refractivity contribution in [2.45, 2.75) is 12.7 Å². The van der Waals surface area contributed by atoms with Gasteiger partial charge in [-0.25, -0.2) is 0 Å². The summed E-state index contributed by atoms with van der Waals surface area (Å²) in [5, 5.41) is 3.34. The molecule has 28 heavy (non-hydrogen) atoms. The van der Waals surface area contributed by atoms with E-state index in [1.165, 1.54) is 4.90 Å². The zero-order valence-electron chi connectivity index (χ0n) is 14.5. The summed E-state index contributed by atoms with van der Waals surface area (Å²) in [7, 11) is 0. The predicted octanol–water partition coefficient (Wildman–Crippen LogP) is 4.03. The molecular weight excluding hydrogens is 371 g/mol. The molecule has 0 saturated carbocycles. The van der Waals surface area contributed by atoms with Gasteiger partial charge >= 0.3 is 12.1 Å². The van der Waals surface area contributed by atoms with Crippen molar-refractivity contribution in [2.24, 2.45) is 0 Å². The Labute approximate surface area is 158 Å². The molecule has 5 nitrogen and oxygen atoms in total. The number of hydrogen-bond acceptors (Lipinski definition) is 4. The third-order valence-electron chi connectivity index (χ3n) is 3.84. The highest BCUT2D eigenvalue weighted by molar-refractivity contribution is 5.94. The summed E-state index contributed by atoms with van der Waals surface area (Å²) in [6, 6.07) is 15.2. The number of halogens is 3. The molecule has 0 bridgehead atoms. The molecule has 142 valence electrons. The topological polar surface area (TPSA) is 59.2 Å². The summed E-state index contributed by atoms with van der Waals surface area (Å²) in [6.07, 6.45) is 0.678.